The Morgan fingerprint density at radius 3 is 2.36 bits per heavy atom. The third kappa shape index (κ3) is 7.69. The number of hydrogen-bond acceptors (Lipinski definition) is 10. The summed E-state index contributed by atoms with van der Waals surface area (Å²) >= 11 is 1.06. The number of anilines is 1. The van der Waals surface area contributed by atoms with Gasteiger partial charge >= 0.3 is 10.1 Å². The minimum absolute atomic E-state index is 0.0793. The van der Waals surface area contributed by atoms with Crippen LogP contribution in [0.1, 0.15) is 52.6 Å². The number of rotatable bonds is 9. The van der Waals surface area contributed by atoms with E-state index in [1.807, 2.05) is 94.8 Å². The second-order valence-corrected chi connectivity index (χ2v) is 15.5. The molecule has 0 saturated heterocycles. The van der Waals surface area contributed by atoms with Crippen LogP contribution in [0.2, 0.25) is 0 Å². The molecule has 0 bridgehead atoms. The molecule has 2 aromatic carbocycles. The molecule has 0 spiro atoms. The third-order valence-electron chi connectivity index (χ3n) is 8.38. The van der Waals surface area contributed by atoms with Gasteiger partial charge in [0.15, 0.2) is 10.0 Å². The van der Waals surface area contributed by atoms with Gasteiger partial charge in [0.1, 0.15) is 23.0 Å². The number of nitrogens with zero attached hydrogens (tertiary/aromatic N) is 4. The van der Waals surface area contributed by atoms with Gasteiger partial charge < -0.3 is 19.7 Å². The number of hydrogen-bond donors (Lipinski definition) is 2. The van der Waals surface area contributed by atoms with E-state index in [4.69, 9.17) is 29.8 Å². The number of nitrogens with two attached hydrogens (primary N) is 1. The molecule has 13 heteroatoms. The molecular weight excluding hydrogens is 675 g/mol. The van der Waals surface area contributed by atoms with Gasteiger partial charge in [-0.2, -0.15) is 13.5 Å². The Hall–Kier alpha value is -4.72. The summed E-state index contributed by atoms with van der Waals surface area (Å²) in [4.78, 5) is 5.54. The molecule has 0 atom stereocenters. The average Bonchev–Trinajstić information content (AvgIpc) is 3.68. The summed E-state index contributed by atoms with van der Waals surface area (Å²) in [6.07, 6.45) is 0. The summed E-state index contributed by atoms with van der Waals surface area (Å²) in [5.74, 6) is 3.01. The van der Waals surface area contributed by atoms with Crippen molar-refractivity contribution < 1.29 is 27.0 Å². The van der Waals surface area contributed by atoms with Crippen LogP contribution in [0.5, 0.6) is 11.5 Å². The highest BCUT2D eigenvalue weighted by atomic mass is 32.3. The predicted molar refractivity (Wildman–Crippen MR) is 198 cm³/mol. The van der Waals surface area contributed by atoms with Gasteiger partial charge in [-0.25, -0.2) is 0 Å². The van der Waals surface area contributed by atoms with E-state index in [2.05, 4.69) is 19.0 Å². The number of thiophene rings is 1. The molecule has 0 amide bonds. The van der Waals surface area contributed by atoms with Crippen LogP contribution in [0, 0.1) is 47.5 Å². The minimum Gasteiger partial charge on any atom is -0.496 e. The molecule has 264 valence electrons. The van der Waals surface area contributed by atoms with Gasteiger partial charge in [-0.3, -0.25) is 14.2 Å². The molecule has 0 saturated carbocycles. The number of aryl methyl sites for hydroxylation is 4. The van der Waals surface area contributed by atoms with Crippen LogP contribution in [0.25, 0.3) is 33.3 Å². The molecule has 11 nitrogen and oxygen atoms in total. The van der Waals surface area contributed by atoms with Crippen LogP contribution in [0.4, 0.5) is 5.82 Å². The summed E-state index contributed by atoms with van der Waals surface area (Å²) in [6, 6.07) is 15.7. The monoisotopic (exact) mass is 717 g/mol. The first kappa shape index (κ1) is 36.6. The molecule has 0 radical (unpaired) electrons. The first-order valence-electron chi connectivity index (χ1n) is 16.1. The number of aromatic nitrogens is 4. The maximum atomic E-state index is 12.2. The summed E-state index contributed by atoms with van der Waals surface area (Å²) in [7, 11) is -2.85. The first-order chi connectivity index (χ1) is 23.6. The molecule has 0 aliphatic heterocycles. The van der Waals surface area contributed by atoms with Crippen molar-refractivity contribution in [1.82, 2.24) is 19.9 Å². The predicted octanol–water partition coefficient (Wildman–Crippen LogP) is 8.27. The molecule has 6 aromatic rings. The van der Waals surface area contributed by atoms with Crippen molar-refractivity contribution in [3.8, 4) is 33.9 Å². The maximum absolute atomic E-state index is 12.2. The summed E-state index contributed by atoms with van der Waals surface area (Å²) in [5.41, 5.74) is 13.6. The lowest BCUT2D eigenvalue weighted by atomic mass is 10.0. The zero-order chi connectivity index (χ0) is 36.5. The van der Waals surface area contributed by atoms with Gasteiger partial charge in [-0.05, 0) is 82.9 Å². The molecule has 0 aliphatic carbocycles. The smallest absolute Gasteiger partial charge is 0.304 e. The fourth-order valence-corrected chi connectivity index (χ4v) is 7.80. The molecule has 6 rings (SSSR count). The normalized spacial score (nSPS) is 11.6. The number of methoxy groups -OCH3 is 1. The maximum Gasteiger partial charge on any atom is 0.304 e. The Morgan fingerprint density at radius 2 is 1.76 bits per heavy atom. The zero-order valence-electron chi connectivity index (χ0n) is 29.8. The topological polar surface area (TPSA) is 156 Å². The lowest BCUT2D eigenvalue weighted by Gasteiger charge is -2.13. The molecule has 50 heavy (non-hydrogen) atoms. The van der Waals surface area contributed by atoms with E-state index in [1.54, 1.807) is 7.11 Å². The van der Waals surface area contributed by atoms with E-state index in [0.717, 1.165) is 78.0 Å². The van der Waals surface area contributed by atoms with Gasteiger partial charge in [-0.15, -0.1) is 11.3 Å². The minimum atomic E-state index is -4.40. The standard InChI is InChI=1S/C32H35N3O5S2.C5H8N2O/c1-18(2)17-40-25-10-8-9-24(15-25)31-30-21(5)33-19(3)13-27(30)35(34-31)16-23-11-12-26(28(14-23)39-7)29-20(4)22(6)41-32(29)42(36,37)38;1-3-4(2)8-7-5(3)6/h8-15,18H,16-17H2,1-7H3,(H,36,37,38);1-2H3,(H2,6,7). The molecule has 0 unspecified atom stereocenters. The highest BCUT2D eigenvalue weighted by Crippen LogP contribution is 2.43. The summed E-state index contributed by atoms with van der Waals surface area (Å²) in [5, 5.41) is 9.56. The number of benzene rings is 2. The van der Waals surface area contributed by atoms with E-state index >= 15 is 0 Å². The van der Waals surface area contributed by atoms with Crippen molar-refractivity contribution in [2.45, 2.75) is 66.1 Å². The number of pyridine rings is 1. The quantitative estimate of drug-likeness (QED) is 0.140. The number of fused-ring (bicyclic) bond motifs is 1. The third-order valence-corrected chi connectivity index (χ3v) is 10.9. The Balaban J connectivity index is 0.000000535. The van der Waals surface area contributed by atoms with Gasteiger partial charge in [0, 0.05) is 43.9 Å². The van der Waals surface area contributed by atoms with Gasteiger partial charge in [0.25, 0.3) is 0 Å². The van der Waals surface area contributed by atoms with Crippen molar-refractivity contribution in [2.24, 2.45) is 5.92 Å². The highest BCUT2D eigenvalue weighted by Gasteiger charge is 2.26. The van der Waals surface area contributed by atoms with Crippen molar-refractivity contribution in [2.75, 3.05) is 19.5 Å². The van der Waals surface area contributed by atoms with E-state index in [9.17, 15) is 13.0 Å². The molecule has 0 fully saturated rings. The van der Waals surface area contributed by atoms with Crippen LogP contribution < -0.4 is 15.2 Å². The average molecular weight is 718 g/mol. The summed E-state index contributed by atoms with van der Waals surface area (Å²) in [6.45, 7) is 16.7. The van der Waals surface area contributed by atoms with Crippen molar-refractivity contribution in [1.29, 1.82) is 0 Å². The van der Waals surface area contributed by atoms with E-state index < -0.39 is 10.1 Å². The van der Waals surface area contributed by atoms with Crippen molar-refractivity contribution >= 4 is 38.2 Å². The molecular formula is C37H43N5O6S2. The first-order valence-corrected chi connectivity index (χ1v) is 18.4. The van der Waals surface area contributed by atoms with Crippen molar-refractivity contribution in [3.63, 3.8) is 0 Å². The molecule has 4 aromatic heterocycles. The Bertz CT molecular complexity index is 2270. The Labute approximate surface area is 296 Å². The van der Waals surface area contributed by atoms with E-state index in [0.29, 0.717) is 41.8 Å². The highest BCUT2D eigenvalue weighted by molar-refractivity contribution is 7.88. The zero-order valence-corrected chi connectivity index (χ0v) is 31.4. The van der Waals surface area contributed by atoms with E-state index in [-0.39, 0.29) is 4.21 Å². The Morgan fingerprint density at radius 1 is 1.02 bits per heavy atom. The van der Waals surface area contributed by atoms with Gasteiger partial charge in [0.05, 0.1) is 25.8 Å². The number of ether oxygens (including phenoxy) is 2. The molecule has 4 heterocycles. The SMILES string of the molecule is COc1cc(Cn2nc(-c3cccc(OCC(C)C)c3)c3c(C)nc(C)cc32)ccc1-c1c(S(=O)(=O)O)sc(C)c1C.Cc1onc(N)c1C. The summed E-state index contributed by atoms with van der Waals surface area (Å²) < 4.78 is 52.6. The van der Waals surface area contributed by atoms with Crippen molar-refractivity contribution in [3.05, 3.63) is 87.2 Å². The second-order valence-electron chi connectivity index (χ2n) is 12.7. The van der Waals surface area contributed by atoms with Crippen LogP contribution >= 0.6 is 11.3 Å². The fraction of sp³-hybridized carbons (Fsp3) is 0.324. The van der Waals surface area contributed by atoms with Crippen LogP contribution in [0.15, 0.2) is 57.3 Å². The fourth-order valence-electron chi connectivity index (χ4n) is 5.59. The van der Waals surface area contributed by atoms with E-state index in [1.165, 1.54) is 0 Å². The molecule has 0 aliphatic rings. The van der Waals surface area contributed by atoms with Crippen LogP contribution in [-0.2, 0) is 16.7 Å². The van der Waals surface area contributed by atoms with Crippen LogP contribution in [-0.4, -0.2) is 46.6 Å². The van der Waals surface area contributed by atoms with Gasteiger partial charge in [-0.1, -0.05) is 43.3 Å². The Kier molecular flexibility index (Phi) is 10.7. The van der Waals surface area contributed by atoms with Gasteiger partial charge in [0.2, 0.25) is 0 Å². The molecule has 3 N–H and O–H groups in total. The number of nitrogen functional groups attached to an aromatic ring is 1. The van der Waals surface area contributed by atoms with Crippen LogP contribution in [0.3, 0.4) is 0 Å². The lowest BCUT2D eigenvalue weighted by Crippen LogP contribution is -2.04. The largest absolute Gasteiger partial charge is 0.496 e. The lowest BCUT2D eigenvalue weighted by molar-refractivity contribution is 0.271. The second kappa shape index (κ2) is 14.6.